The largest absolute Gasteiger partial charge is 0.481 e. The summed E-state index contributed by atoms with van der Waals surface area (Å²) in [5, 5.41) is 17.0. The Bertz CT molecular complexity index is 1660. The van der Waals surface area contributed by atoms with Gasteiger partial charge in [-0.3, -0.25) is 28.9 Å². The third kappa shape index (κ3) is 12.1. The van der Waals surface area contributed by atoms with Crippen molar-refractivity contribution in [3.63, 3.8) is 0 Å². The fraction of sp³-hybridized carbons (Fsp3) is 0.667. The molecule has 2 aromatic heterocycles. The number of carboxylic acids is 1. The minimum absolute atomic E-state index is 0.0250. The average molecular weight is 814 g/mol. The first-order valence-electron chi connectivity index (χ1n) is 18.2. The number of thioether (sulfide) groups is 1. The predicted octanol–water partition coefficient (Wildman–Crippen LogP) is 4.21. The molecule has 0 aromatic carbocycles. The molecule has 0 saturated carbocycles. The predicted molar refractivity (Wildman–Crippen MR) is 199 cm³/mol. The lowest BCUT2D eigenvalue weighted by Gasteiger charge is -2.40. The number of piperidine rings is 1. The lowest BCUT2D eigenvalue weighted by Crippen LogP contribution is -2.60. The van der Waals surface area contributed by atoms with E-state index in [1.54, 1.807) is 23.7 Å². The summed E-state index contributed by atoms with van der Waals surface area (Å²) in [6.07, 6.45) is -1.74. The van der Waals surface area contributed by atoms with Gasteiger partial charge < -0.3 is 25.4 Å². The molecule has 19 heteroatoms. The van der Waals surface area contributed by atoms with Gasteiger partial charge in [0.15, 0.2) is 6.10 Å². The Kier molecular flexibility index (Phi) is 15.4. The van der Waals surface area contributed by atoms with Crippen LogP contribution in [-0.4, -0.2) is 116 Å². The minimum Gasteiger partial charge on any atom is -0.481 e. The summed E-state index contributed by atoms with van der Waals surface area (Å²) >= 11 is 2.77. The quantitative estimate of drug-likeness (QED) is 0.194. The zero-order valence-electron chi connectivity index (χ0n) is 31.8. The Morgan fingerprint density at radius 1 is 1.07 bits per heavy atom. The molecular weight excluding hydrogens is 764 g/mol. The number of likely N-dealkylation sites (tertiary alicyclic amines) is 1. The van der Waals surface area contributed by atoms with Gasteiger partial charge in [0.1, 0.15) is 22.6 Å². The van der Waals surface area contributed by atoms with Gasteiger partial charge in [0.25, 0.3) is 5.91 Å². The third-order valence-electron chi connectivity index (χ3n) is 10.0. The van der Waals surface area contributed by atoms with Crippen molar-refractivity contribution < 1.29 is 47.0 Å². The molecule has 4 heterocycles. The fourth-order valence-corrected chi connectivity index (χ4v) is 8.44. The zero-order valence-corrected chi connectivity index (χ0v) is 33.4. The van der Waals surface area contributed by atoms with E-state index in [-0.39, 0.29) is 65.5 Å². The van der Waals surface area contributed by atoms with Gasteiger partial charge in [0, 0.05) is 62.6 Å². The van der Waals surface area contributed by atoms with E-state index < -0.39 is 59.7 Å². The van der Waals surface area contributed by atoms with Gasteiger partial charge >= 0.3 is 18.1 Å². The molecule has 2 fully saturated rings. The van der Waals surface area contributed by atoms with Crippen LogP contribution in [0.15, 0.2) is 17.8 Å². The van der Waals surface area contributed by atoms with Crippen LogP contribution in [0.25, 0.3) is 0 Å². The van der Waals surface area contributed by atoms with Crippen LogP contribution in [0.3, 0.4) is 0 Å². The number of esters is 1. The average Bonchev–Trinajstić information content (AvgIpc) is 3.58. The number of aromatic nitrogens is 3. The van der Waals surface area contributed by atoms with Crippen molar-refractivity contribution in [3.05, 3.63) is 39.9 Å². The van der Waals surface area contributed by atoms with Crippen molar-refractivity contribution >= 4 is 52.8 Å². The number of ether oxygens (including phenoxy) is 1. The van der Waals surface area contributed by atoms with Crippen molar-refractivity contribution in [2.75, 3.05) is 32.1 Å². The second kappa shape index (κ2) is 19.3. The van der Waals surface area contributed by atoms with Crippen LogP contribution in [0.5, 0.6) is 0 Å². The van der Waals surface area contributed by atoms with Crippen LogP contribution in [-0.2, 0) is 36.5 Å². The number of carbonyl (C=O) groups is 5. The monoisotopic (exact) mass is 813 g/mol. The van der Waals surface area contributed by atoms with Crippen molar-refractivity contribution in [3.8, 4) is 0 Å². The highest BCUT2D eigenvalue weighted by Gasteiger charge is 2.41. The lowest BCUT2D eigenvalue weighted by atomic mass is 9.93. The summed E-state index contributed by atoms with van der Waals surface area (Å²) in [5.74, 6) is -2.43. The molecule has 0 bridgehead atoms. The topological polar surface area (TPSA) is 184 Å². The SMILES string of the molecule is CC(=O)O[C@H](C[C@H](C(C)C)N(C)C(=O)[C@@H](NC(=O)[C@H]1CCCCN1C)C1CSC1)c1nc(C(=O)N[C@@H](Cc2ncc(C(F)(F)F)cn2)C[C@H](C)C(=O)O)cs1. The molecule has 2 aliphatic rings. The van der Waals surface area contributed by atoms with Crippen LogP contribution in [0.1, 0.15) is 92.8 Å². The van der Waals surface area contributed by atoms with E-state index in [0.717, 1.165) is 48.6 Å². The summed E-state index contributed by atoms with van der Waals surface area (Å²) < 4.78 is 44.8. The highest BCUT2D eigenvalue weighted by molar-refractivity contribution is 8.00. The number of carbonyl (C=O) groups excluding carboxylic acids is 4. The Balaban J connectivity index is 1.51. The third-order valence-corrected chi connectivity index (χ3v) is 12.3. The first kappa shape index (κ1) is 43.9. The Labute approximate surface area is 326 Å². The standard InChI is InChI=1S/C36H50F3N7O7S2/c1-19(2)27(46(6)34(50)30(22-16-54-17-22)44-32(49)26-9-7-8-10-45(26)5)13-28(53-21(4)47)33-43-25(18-55-33)31(48)42-24(11-20(3)35(51)52)12-29-40-14-23(15-41-29)36(37,38)39/h14-15,18-20,22,24,26-28,30H,7-13,16-17H2,1-6H3,(H,42,48)(H,44,49)(H,51,52)/t20-,24+,26+,27+,28+,30-/m0/s1. The van der Waals surface area contributed by atoms with E-state index >= 15 is 0 Å². The van der Waals surface area contributed by atoms with Crippen LogP contribution < -0.4 is 10.6 Å². The number of rotatable bonds is 17. The van der Waals surface area contributed by atoms with Gasteiger partial charge in [-0.15, -0.1) is 11.3 Å². The van der Waals surface area contributed by atoms with Gasteiger partial charge in [-0.25, -0.2) is 15.0 Å². The van der Waals surface area contributed by atoms with Crippen LogP contribution >= 0.6 is 23.1 Å². The Hall–Kier alpha value is -3.84. The number of nitrogens with one attached hydrogen (secondary N) is 2. The smallest absolute Gasteiger partial charge is 0.419 e. The van der Waals surface area contributed by atoms with E-state index in [1.165, 1.54) is 19.2 Å². The fourth-order valence-electron chi connectivity index (χ4n) is 6.71. The molecule has 3 N–H and O–H groups in total. The highest BCUT2D eigenvalue weighted by atomic mass is 32.2. The zero-order chi connectivity index (χ0) is 40.6. The molecule has 3 amide bonds. The van der Waals surface area contributed by atoms with E-state index in [1.807, 2.05) is 25.8 Å². The van der Waals surface area contributed by atoms with E-state index in [4.69, 9.17) is 4.74 Å². The van der Waals surface area contributed by atoms with Crippen LogP contribution in [0, 0.1) is 17.8 Å². The molecule has 6 atom stereocenters. The van der Waals surface area contributed by atoms with E-state index in [0.29, 0.717) is 12.4 Å². The van der Waals surface area contributed by atoms with Gasteiger partial charge in [-0.1, -0.05) is 27.2 Å². The summed E-state index contributed by atoms with van der Waals surface area (Å²) in [6, 6.07) is -2.37. The molecule has 0 radical (unpaired) electrons. The van der Waals surface area contributed by atoms with Crippen LogP contribution in [0.2, 0.25) is 0 Å². The van der Waals surface area contributed by atoms with Gasteiger partial charge in [0.05, 0.1) is 17.5 Å². The molecule has 2 aromatic rings. The molecular formula is C36H50F3N7O7S2. The summed E-state index contributed by atoms with van der Waals surface area (Å²) in [5.41, 5.74) is -1.10. The highest BCUT2D eigenvalue weighted by Crippen LogP contribution is 2.33. The van der Waals surface area contributed by atoms with Crippen molar-refractivity contribution in [2.45, 2.75) is 103 Å². The van der Waals surface area contributed by atoms with Crippen molar-refractivity contribution in [1.82, 2.24) is 35.4 Å². The number of nitrogens with zero attached hydrogens (tertiary/aromatic N) is 5. The van der Waals surface area contributed by atoms with E-state index in [9.17, 15) is 42.3 Å². The first-order chi connectivity index (χ1) is 25.8. The van der Waals surface area contributed by atoms with Gasteiger partial charge in [0.2, 0.25) is 11.8 Å². The molecule has 0 spiro atoms. The lowest BCUT2D eigenvalue weighted by molar-refractivity contribution is -0.149. The Morgan fingerprint density at radius 2 is 1.75 bits per heavy atom. The Morgan fingerprint density at radius 3 is 2.29 bits per heavy atom. The second-order valence-corrected chi connectivity index (χ2v) is 16.6. The number of likely N-dealkylation sites (N-methyl/N-ethyl adjacent to an activating group) is 2. The summed E-state index contributed by atoms with van der Waals surface area (Å²) in [6.45, 7) is 7.35. The molecule has 14 nitrogen and oxygen atoms in total. The first-order valence-corrected chi connectivity index (χ1v) is 20.3. The maximum atomic E-state index is 14.2. The van der Waals surface area contributed by atoms with E-state index in [2.05, 4.69) is 25.6 Å². The van der Waals surface area contributed by atoms with Crippen molar-refractivity contribution in [1.29, 1.82) is 0 Å². The second-order valence-electron chi connectivity index (χ2n) is 14.7. The van der Waals surface area contributed by atoms with Gasteiger partial charge in [-0.05, 0) is 50.3 Å². The number of hydrogen-bond acceptors (Lipinski definition) is 12. The number of thiazole rings is 1. The molecule has 55 heavy (non-hydrogen) atoms. The molecule has 4 rings (SSSR count). The maximum Gasteiger partial charge on any atom is 0.419 e. The number of alkyl halides is 3. The molecule has 0 unspecified atom stereocenters. The summed E-state index contributed by atoms with van der Waals surface area (Å²) in [4.78, 5) is 80.7. The molecule has 304 valence electrons. The molecule has 0 aliphatic carbocycles. The number of amides is 3. The molecule has 2 saturated heterocycles. The number of hydrogen-bond donors (Lipinski definition) is 3. The number of aliphatic carboxylic acids is 1. The van der Waals surface area contributed by atoms with Gasteiger partial charge in [-0.2, -0.15) is 24.9 Å². The van der Waals surface area contributed by atoms with Crippen LogP contribution in [0.4, 0.5) is 13.2 Å². The summed E-state index contributed by atoms with van der Waals surface area (Å²) in [7, 11) is 3.59. The van der Waals surface area contributed by atoms with Crippen molar-refractivity contribution in [2.24, 2.45) is 17.8 Å². The normalized spacial score (nSPS) is 19.3. The molecule has 2 aliphatic heterocycles. The number of halogens is 3. The minimum atomic E-state index is -4.64. The maximum absolute atomic E-state index is 14.2. The number of carboxylic acid groups (broad SMARTS) is 1.